The van der Waals surface area contributed by atoms with Crippen LogP contribution in [0.3, 0.4) is 0 Å². The van der Waals surface area contributed by atoms with Crippen molar-refractivity contribution in [3.05, 3.63) is 28.7 Å². The fourth-order valence-electron chi connectivity index (χ4n) is 3.87. The van der Waals surface area contributed by atoms with Crippen LogP contribution in [-0.2, 0) is 6.54 Å². The summed E-state index contributed by atoms with van der Waals surface area (Å²) in [5.41, 5.74) is 0.126. The van der Waals surface area contributed by atoms with Crippen LogP contribution in [-0.4, -0.2) is 33.5 Å². The summed E-state index contributed by atoms with van der Waals surface area (Å²) in [5.74, 6) is 1.79. The molecule has 2 aromatic heterocycles. The topological polar surface area (TPSA) is 38.1 Å². The normalized spacial score (nSPS) is 26.3. The summed E-state index contributed by atoms with van der Waals surface area (Å²) in [7, 11) is 0. The average molecular weight is 303 g/mol. The molecule has 0 amide bonds. The van der Waals surface area contributed by atoms with E-state index in [1.54, 1.807) is 6.20 Å². The molecule has 2 saturated heterocycles. The van der Waals surface area contributed by atoms with Crippen molar-refractivity contribution in [3.8, 4) is 0 Å². The van der Waals surface area contributed by atoms with Gasteiger partial charge in [0.2, 0.25) is 0 Å². The van der Waals surface area contributed by atoms with Crippen molar-refractivity contribution < 1.29 is 0 Å². The average Bonchev–Trinajstić information content (AvgIpc) is 2.68. The van der Waals surface area contributed by atoms with Gasteiger partial charge in [-0.3, -0.25) is 8.75 Å². The first-order valence-electron chi connectivity index (χ1n) is 7.97. The van der Waals surface area contributed by atoms with Gasteiger partial charge in [-0.05, 0) is 61.2 Å². The Morgan fingerprint density at radius 3 is 2.52 bits per heavy atom. The van der Waals surface area contributed by atoms with E-state index in [0.717, 1.165) is 35.1 Å². The molecule has 112 valence electrons. The second-order valence-corrected chi connectivity index (χ2v) is 7.51. The van der Waals surface area contributed by atoms with Gasteiger partial charge in [0.25, 0.3) is 5.56 Å². The minimum Gasteiger partial charge on any atom is -0.301 e. The summed E-state index contributed by atoms with van der Waals surface area (Å²) >= 11 is 1.50. The van der Waals surface area contributed by atoms with Crippen LogP contribution in [0.15, 0.2) is 23.1 Å². The van der Waals surface area contributed by atoms with Gasteiger partial charge in [-0.15, -0.1) is 0 Å². The maximum Gasteiger partial charge on any atom is 0.270 e. The molecular formula is C16H21N3OS. The Hall–Kier alpha value is -1.20. The molecule has 0 atom stereocenters. The summed E-state index contributed by atoms with van der Waals surface area (Å²) in [6.07, 6.45) is 7.40. The molecule has 0 N–H and O–H groups in total. The summed E-state index contributed by atoms with van der Waals surface area (Å²) in [5, 5.41) is 0.762. The summed E-state index contributed by atoms with van der Waals surface area (Å²) in [6, 6.07) is 3.72. The van der Waals surface area contributed by atoms with Crippen molar-refractivity contribution >= 4 is 21.7 Å². The molecule has 4 heterocycles. The Labute approximate surface area is 128 Å². The molecule has 4 nitrogen and oxygen atoms in total. The van der Waals surface area contributed by atoms with Crippen molar-refractivity contribution in [2.24, 2.45) is 11.8 Å². The first-order valence-corrected chi connectivity index (χ1v) is 8.74. The number of nitrogens with zero attached hydrogens (tertiary/aromatic N) is 3. The Morgan fingerprint density at radius 2 is 1.86 bits per heavy atom. The highest BCUT2D eigenvalue weighted by Gasteiger charge is 2.29. The number of hydrogen-bond donors (Lipinski definition) is 0. The second kappa shape index (κ2) is 5.54. The van der Waals surface area contributed by atoms with Crippen LogP contribution in [0, 0.1) is 11.8 Å². The number of pyridine rings is 1. The van der Waals surface area contributed by atoms with E-state index in [-0.39, 0.29) is 5.56 Å². The van der Waals surface area contributed by atoms with Gasteiger partial charge in [-0.1, -0.05) is 0 Å². The minimum absolute atomic E-state index is 0.126. The first-order chi connectivity index (χ1) is 10.3. The smallest absolute Gasteiger partial charge is 0.270 e. The fourth-order valence-corrected chi connectivity index (χ4v) is 4.79. The minimum atomic E-state index is 0.126. The molecule has 3 aliphatic rings. The predicted octanol–water partition coefficient (Wildman–Crippen LogP) is 2.58. The molecule has 2 aliphatic heterocycles. The van der Waals surface area contributed by atoms with E-state index < -0.39 is 0 Å². The molecule has 5 heteroatoms. The summed E-state index contributed by atoms with van der Waals surface area (Å²) in [4.78, 5) is 20.1. The van der Waals surface area contributed by atoms with Gasteiger partial charge in [0.05, 0.1) is 5.39 Å². The van der Waals surface area contributed by atoms with Crippen LogP contribution in [0.1, 0.15) is 25.7 Å². The lowest BCUT2D eigenvalue weighted by Gasteiger charge is -2.21. The van der Waals surface area contributed by atoms with Crippen molar-refractivity contribution in [1.29, 1.82) is 0 Å². The van der Waals surface area contributed by atoms with E-state index in [9.17, 15) is 4.79 Å². The van der Waals surface area contributed by atoms with E-state index in [1.807, 2.05) is 16.1 Å². The summed E-state index contributed by atoms with van der Waals surface area (Å²) < 4.78 is 1.88. The van der Waals surface area contributed by atoms with Crippen LogP contribution >= 0.6 is 11.5 Å². The number of hydrogen-bond acceptors (Lipinski definition) is 4. The molecule has 1 aliphatic carbocycles. The van der Waals surface area contributed by atoms with E-state index in [2.05, 4.69) is 9.88 Å². The van der Waals surface area contributed by atoms with E-state index in [4.69, 9.17) is 0 Å². The zero-order valence-electron chi connectivity index (χ0n) is 12.2. The first kappa shape index (κ1) is 13.5. The second-order valence-electron chi connectivity index (χ2n) is 6.50. The summed E-state index contributed by atoms with van der Waals surface area (Å²) in [6.45, 7) is 4.27. The lowest BCUT2D eigenvalue weighted by atomic mass is 9.84. The third-order valence-electron chi connectivity index (χ3n) is 5.04. The molecule has 3 fully saturated rings. The SMILES string of the molecule is O=c1c2cccnc2sn1CCN1CC2CCC(CC2)C1. The van der Waals surface area contributed by atoms with Crippen LogP contribution in [0.25, 0.3) is 10.2 Å². The molecule has 2 bridgehead atoms. The van der Waals surface area contributed by atoms with E-state index >= 15 is 0 Å². The van der Waals surface area contributed by atoms with Gasteiger partial charge in [0.15, 0.2) is 0 Å². The fraction of sp³-hybridized carbons (Fsp3) is 0.625. The maximum absolute atomic E-state index is 12.3. The third kappa shape index (κ3) is 2.64. The Bertz CT molecular complexity index is 670. The van der Waals surface area contributed by atoms with Gasteiger partial charge >= 0.3 is 0 Å². The van der Waals surface area contributed by atoms with Crippen molar-refractivity contribution in [3.63, 3.8) is 0 Å². The van der Waals surface area contributed by atoms with E-state index in [0.29, 0.717) is 0 Å². The van der Waals surface area contributed by atoms with Crippen LogP contribution in [0.2, 0.25) is 0 Å². The predicted molar refractivity (Wildman–Crippen MR) is 85.8 cm³/mol. The van der Waals surface area contributed by atoms with Crippen LogP contribution in [0.5, 0.6) is 0 Å². The molecule has 21 heavy (non-hydrogen) atoms. The van der Waals surface area contributed by atoms with Crippen molar-refractivity contribution in [1.82, 2.24) is 13.8 Å². The van der Waals surface area contributed by atoms with Gasteiger partial charge in [-0.2, -0.15) is 0 Å². The third-order valence-corrected chi connectivity index (χ3v) is 6.11. The van der Waals surface area contributed by atoms with E-state index in [1.165, 1.54) is 50.3 Å². The lowest BCUT2D eigenvalue weighted by Crippen LogP contribution is -2.32. The zero-order valence-corrected chi connectivity index (χ0v) is 13.0. The molecule has 0 unspecified atom stereocenters. The Balaban J connectivity index is 1.48. The molecule has 2 aromatic rings. The van der Waals surface area contributed by atoms with Crippen molar-refractivity contribution in [2.45, 2.75) is 32.2 Å². The molecule has 1 saturated carbocycles. The van der Waals surface area contributed by atoms with Gasteiger partial charge in [-0.25, -0.2) is 4.98 Å². The molecule has 5 rings (SSSR count). The molecule has 0 aromatic carbocycles. The highest BCUT2D eigenvalue weighted by atomic mass is 32.1. The van der Waals surface area contributed by atoms with Crippen molar-refractivity contribution in [2.75, 3.05) is 19.6 Å². The Kier molecular flexibility index (Phi) is 3.55. The van der Waals surface area contributed by atoms with Gasteiger partial charge < -0.3 is 4.90 Å². The highest BCUT2D eigenvalue weighted by molar-refractivity contribution is 7.13. The monoisotopic (exact) mass is 303 g/mol. The van der Waals surface area contributed by atoms with Gasteiger partial charge in [0.1, 0.15) is 4.83 Å². The quantitative estimate of drug-likeness (QED) is 0.875. The van der Waals surface area contributed by atoms with Crippen LogP contribution < -0.4 is 5.56 Å². The highest BCUT2D eigenvalue weighted by Crippen LogP contribution is 2.33. The number of fused-ring (bicyclic) bond motifs is 5. The zero-order chi connectivity index (χ0) is 14.2. The molecule has 0 radical (unpaired) electrons. The number of rotatable bonds is 3. The molecule has 0 spiro atoms. The number of aromatic nitrogens is 2. The standard InChI is InChI=1S/C16H21N3OS/c20-16-14-2-1-7-17-15(14)21-19(16)9-8-18-10-12-3-4-13(11-18)6-5-12/h1-2,7,12-13H,3-6,8-11H2. The lowest BCUT2D eigenvalue weighted by molar-refractivity contribution is 0.245. The maximum atomic E-state index is 12.3. The van der Waals surface area contributed by atoms with Gasteiger partial charge in [0, 0.05) is 32.4 Å². The Morgan fingerprint density at radius 1 is 1.14 bits per heavy atom. The van der Waals surface area contributed by atoms with Crippen LogP contribution in [0.4, 0.5) is 0 Å². The molecular weight excluding hydrogens is 282 g/mol. The largest absolute Gasteiger partial charge is 0.301 e.